The molecule has 0 amide bonds. The van der Waals surface area contributed by atoms with E-state index < -0.39 is 27.2 Å². The van der Waals surface area contributed by atoms with E-state index in [4.69, 9.17) is 0 Å². The highest BCUT2D eigenvalue weighted by molar-refractivity contribution is 7.88. The lowest BCUT2D eigenvalue weighted by atomic mass is 10.3. The van der Waals surface area contributed by atoms with Crippen molar-refractivity contribution in [2.75, 3.05) is 0 Å². The molecule has 120 valence electrons. The van der Waals surface area contributed by atoms with Crippen molar-refractivity contribution in [1.29, 1.82) is 0 Å². The van der Waals surface area contributed by atoms with Gasteiger partial charge in [0.1, 0.15) is 5.82 Å². The van der Waals surface area contributed by atoms with Gasteiger partial charge in [-0.3, -0.25) is 0 Å². The number of halogens is 4. The van der Waals surface area contributed by atoms with Gasteiger partial charge in [0.2, 0.25) is 0 Å². The number of alkyl halides is 3. The predicted octanol–water partition coefficient (Wildman–Crippen LogP) is 2.86. The Bertz CT molecular complexity index is 812. The number of hydrogen-bond acceptors (Lipinski definition) is 4. The summed E-state index contributed by atoms with van der Waals surface area (Å²) in [7, 11) is -5.94. The van der Waals surface area contributed by atoms with Gasteiger partial charge >= 0.3 is 15.6 Å². The number of aromatic nitrogens is 2. The fourth-order valence-corrected chi connectivity index (χ4v) is 2.24. The summed E-state index contributed by atoms with van der Waals surface area (Å²) >= 11 is 0. The van der Waals surface area contributed by atoms with Gasteiger partial charge in [-0.15, -0.1) is 0 Å². The summed E-state index contributed by atoms with van der Waals surface area (Å²) in [6.45, 7) is 3.21. The van der Waals surface area contributed by atoms with E-state index in [0.29, 0.717) is 11.5 Å². The van der Waals surface area contributed by atoms with Gasteiger partial charge in [-0.1, -0.05) is 6.07 Å². The van der Waals surface area contributed by atoms with Crippen LogP contribution in [0.1, 0.15) is 11.5 Å². The van der Waals surface area contributed by atoms with Gasteiger partial charge in [0.15, 0.2) is 11.6 Å². The Morgan fingerprint density at radius 1 is 1.23 bits per heavy atom. The minimum absolute atomic E-state index is 0.173. The molecule has 0 radical (unpaired) electrons. The quantitative estimate of drug-likeness (QED) is 0.490. The number of rotatable bonds is 3. The molecule has 0 N–H and O–H groups in total. The molecule has 0 fully saturated rings. The highest BCUT2D eigenvalue weighted by Gasteiger charge is 2.49. The minimum Gasteiger partial charge on any atom is -0.373 e. The van der Waals surface area contributed by atoms with Crippen LogP contribution in [0.5, 0.6) is 5.75 Å². The van der Waals surface area contributed by atoms with Gasteiger partial charge in [0.25, 0.3) is 0 Å². The van der Waals surface area contributed by atoms with Crippen LogP contribution in [0.2, 0.25) is 0 Å². The Labute approximate surface area is 123 Å². The summed E-state index contributed by atoms with van der Waals surface area (Å²) in [6, 6.07) is 3.23. The first kappa shape index (κ1) is 16.3. The summed E-state index contributed by atoms with van der Waals surface area (Å²) < 4.78 is 78.2. The number of hydrogen-bond donors (Lipinski definition) is 0. The van der Waals surface area contributed by atoms with Crippen LogP contribution in [0.25, 0.3) is 5.69 Å². The molecule has 0 aliphatic carbocycles. The zero-order valence-corrected chi connectivity index (χ0v) is 12.2. The SMILES string of the molecule is Cc1cn(-c2cccc(OS(=O)(=O)C(F)(F)F)c2F)c(C)n1. The first-order valence-electron chi connectivity index (χ1n) is 5.85. The molecule has 0 saturated carbocycles. The first-order valence-corrected chi connectivity index (χ1v) is 7.26. The molecule has 22 heavy (non-hydrogen) atoms. The second-order valence-electron chi connectivity index (χ2n) is 4.37. The standard InChI is InChI=1S/C12H10F4N2O3S/c1-7-6-18(8(2)17-7)9-4-3-5-10(11(9)13)21-22(19,20)12(14,15)16/h3-6H,1-2H3. The van der Waals surface area contributed by atoms with Crippen LogP contribution in [0, 0.1) is 19.7 Å². The normalized spacial score (nSPS) is 12.5. The molecule has 1 heterocycles. The molecular weight excluding hydrogens is 328 g/mol. The molecule has 0 aliphatic rings. The Hall–Kier alpha value is -2.10. The maximum absolute atomic E-state index is 14.3. The average Bonchev–Trinajstić information content (AvgIpc) is 2.69. The molecule has 0 spiro atoms. The van der Waals surface area contributed by atoms with Crippen LogP contribution in [0.4, 0.5) is 17.6 Å². The fourth-order valence-electron chi connectivity index (χ4n) is 1.78. The van der Waals surface area contributed by atoms with Crippen molar-refractivity contribution in [2.45, 2.75) is 19.4 Å². The van der Waals surface area contributed by atoms with Crippen LogP contribution < -0.4 is 4.18 Å². The highest BCUT2D eigenvalue weighted by atomic mass is 32.2. The molecule has 0 saturated heterocycles. The van der Waals surface area contributed by atoms with Crippen molar-refractivity contribution < 1.29 is 30.2 Å². The van der Waals surface area contributed by atoms with Crippen molar-refractivity contribution in [3.05, 3.63) is 41.7 Å². The molecule has 2 rings (SSSR count). The van der Waals surface area contributed by atoms with E-state index >= 15 is 0 Å². The van der Waals surface area contributed by atoms with Crippen LogP contribution >= 0.6 is 0 Å². The van der Waals surface area contributed by atoms with Crippen molar-refractivity contribution >= 4 is 10.1 Å². The zero-order valence-electron chi connectivity index (χ0n) is 11.3. The maximum Gasteiger partial charge on any atom is 0.534 e. The van der Waals surface area contributed by atoms with Gasteiger partial charge in [-0.2, -0.15) is 21.6 Å². The molecule has 0 aliphatic heterocycles. The summed E-state index contributed by atoms with van der Waals surface area (Å²) in [5, 5.41) is 0. The van der Waals surface area contributed by atoms with Gasteiger partial charge < -0.3 is 8.75 Å². The third kappa shape index (κ3) is 2.91. The molecule has 5 nitrogen and oxygen atoms in total. The monoisotopic (exact) mass is 338 g/mol. The van der Waals surface area contributed by atoms with Crippen LogP contribution in [-0.2, 0) is 10.1 Å². The summed E-state index contributed by atoms with van der Waals surface area (Å²) in [6.07, 6.45) is 1.45. The molecule has 1 aromatic heterocycles. The van der Waals surface area contributed by atoms with Crippen LogP contribution in [0.3, 0.4) is 0 Å². The molecular formula is C12H10F4N2O3S. The number of aryl methyl sites for hydroxylation is 2. The Balaban J connectivity index is 2.50. The van der Waals surface area contributed by atoms with E-state index in [1.165, 1.54) is 22.9 Å². The number of nitrogens with zero attached hydrogens (tertiary/aromatic N) is 2. The van der Waals surface area contributed by atoms with Gasteiger partial charge in [-0.05, 0) is 26.0 Å². The molecule has 1 aromatic carbocycles. The van der Waals surface area contributed by atoms with E-state index in [-0.39, 0.29) is 5.69 Å². The lowest BCUT2D eigenvalue weighted by molar-refractivity contribution is -0.0500. The zero-order chi connectivity index (χ0) is 16.7. The Morgan fingerprint density at radius 3 is 2.36 bits per heavy atom. The van der Waals surface area contributed by atoms with Crippen molar-refractivity contribution in [3.8, 4) is 11.4 Å². The second-order valence-corrected chi connectivity index (χ2v) is 5.91. The molecule has 0 bridgehead atoms. The van der Waals surface area contributed by atoms with Crippen molar-refractivity contribution in [3.63, 3.8) is 0 Å². The van der Waals surface area contributed by atoms with E-state index in [1.54, 1.807) is 13.8 Å². The van der Waals surface area contributed by atoms with Gasteiger partial charge in [0, 0.05) is 6.20 Å². The maximum atomic E-state index is 14.3. The Kier molecular flexibility index (Phi) is 3.90. The summed E-state index contributed by atoms with van der Waals surface area (Å²) in [5.41, 5.74) is -5.25. The fraction of sp³-hybridized carbons (Fsp3) is 0.250. The Morgan fingerprint density at radius 2 is 1.86 bits per heavy atom. The summed E-state index contributed by atoms with van der Waals surface area (Å²) in [4.78, 5) is 4.03. The lowest BCUT2D eigenvalue weighted by Crippen LogP contribution is -2.28. The largest absolute Gasteiger partial charge is 0.534 e. The third-order valence-corrected chi connectivity index (χ3v) is 3.65. The molecule has 0 unspecified atom stereocenters. The van der Waals surface area contributed by atoms with Gasteiger partial charge in [0.05, 0.1) is 11.4 Å². The van der Waals surface area contributed by atoms with Crippen molar-refractivity contribution in [1.82, 2.24) is 9.55 Å². The minimum atomic E-state index is -5.94. The van der Waals surface area contributed by atoms with Crippen molar-refractivity contribution in [2.24, 2.45) is 0 Å². The van der Waals surface area contributed by atoms with E-state index in [1.807, 2.05) is 0 Å². The average molecular weight is 338 g/mol. The predicted molar refractivity (Wildman–Crippen MR) is 68.6 cm³/mol. The highest BCUT2D eigenvalue weighted by Crippen LogP contribution is 2.30. The van der Waals surface area contributed by atoms with Gasteiger partial charge in [-0.25, -0.2) is 9.37 Å². The third-order valence-electron chi connectivity index (χ3n) is 2.69. The molecule has 2 aromatic rings. The van der Waals surface area contributed by atoms with E-state index in [0.717, 1.165) is 6.07 Å². The van der Waals surface area contributed by atoms with Crippen LogP contribution in [-0.4, -0.2) is 23.5 Å². The lowest BCUT2D eigenvalue weighted by Gasteiger charge is -2.12. The molecule has 10 heteroatoms. The smallest absolute Gasteiger partial charge is 0.373 e. The second kappa shape index (κ2) is 5.27. The van der Waals surface area contributed by atoms with E-state index in [2.05, 4.69) is 9.17 Å². The number of benzene rings is 1. The summed E-state index contributed by atoms with van der Waals surface area (Å²) in [5.74, 6) is -1.90. The van der Waals surface area contributed by atoms with E-state index in [9.17, 15) is 26.0 Å². The van der Waals surface area contributed by atoms with Crippen LogP contribution in [0.15, 0.2) is 24.4 Å². The first-order chi connectivity index (χ1) is 10.0. The number of imidazole rings is 1. The molecule has 0 atom stereocenters. The topological polar surface area (TPSA) is 61.2 Å².